The molecule has 2 N–H and O–H groups in total. The van der Waals surface area contributed by atoms with Crippen molar-refractivity contribution < 1.29 is 9.59 Å². The fourth-order valence-electron chi connectivity index (χ4n) is 3.21. The van der Waals surface area contributed by atoms with Gasteiger partial charge in [0.15, 0.2) is 0 Å². The van der Waals surface area contributed by atoms with Crippen LogP contribution in [0.1, 0.15) is 25.3 Å². The number of nitrogens with two attached hydrogens (primary N) is 1. The molecular weight excluding hydrogens is 334 g/mol. The molecule has 1 heterocycles. The van der Waals surface area contributed by atoms with E-state index in [9.17, 15) is 9.59 Å². The maximum atomic E-state index is 12.8. The summed E-state index contributed by atoms with van der Waals surface area (Å²) >= 11 is 1.78. The van der Waals surface area contributed by atoms with Gasteiger partial charge in [0, 0.05) is 30.3 Å². The van der Waals surface area contributed by atoms with Gasteiger partial charge in [0.2, 0.25) is 11.8 Å². The summed E-state index contributed by atoms with van der Waals surface area (Å²) in [6.07, 6.45) is 1.84. The first kappa shape index (κ1) is 19.8. The number of carbonyl (C=O) groups excluding carboxylic acids is 2. The summed E-state index contributed by atoms with van der Waals surface area (Å²) in [5.41, 5.74) is 6.54. The lowest BCUT2D eigenvalue weighted by Crippen LogP contribution is -2.47. The van der Waals surface area contributed by atoms with Crippen molar-refractivity contribution in [2.24, 2.45) is 11.7 Å². The van der Waals surface area contributed by atoms with Crippen LogP contribution in [0.4, 0.5) is 0 Å². The molecule has 0 aromatic heterocycles. The number of rotatable bonds is 8. The molecule has 25 heavy (non-hydrogen) atoms. The summed E-state index contributed by atoms with van der Waals surface area (Å²) in [6.45, 7) is 7.32. The topological polar surface area (TPSA) is 66.6 Å². The van der Waals surface area contributed by atoms with E-state index in [1.165, 1.54) is 10.5 Å². The fourth-order valence-corrected chi connectivity index (χ4v) is 4.09. The van der Waals surface area contributed by atoms with Crippen LogP contribution in [0, 0.1) is 12.8 Å². The van der Waals surface area contributed by atoms with E-state index in [4.69, 9.17) is 5.73 Å². The molecule has 1 unspecified atom stereocenters. The Morgan fingerprint density at radius 2 is 2.04 bits per heavy atom. The summed E-state index contributed by atoms with van der Waals surface area (Å²) in [6, 6.07) is 8.47. The lowest BCUT2D eigenvalue weighted by atomic mass is 9.96. The summed E-state index contributed by atoms with van der Waals surface area (Å²) in [5, 5.41) is 0. The maximum Gasteiger partial charge on any atom is 0.231 e. The number of carbonyl (C=O) groups is 2. The van der Waals surface area contributed by atoms with Gasteiger partial charge in [-0.3, -0.25) is 14.5 Å². The summed E-state index contributed by atoms with van der Waals surface area (Å²) in [7, 11) is 0. The fraction of sp³-hybridized carbons (Fsp3) is 0.579. The Balaban J connectivity index is 1.83. The van der Waals surface area contributed by atoms with Crippen molar-refractivity contribution in [2.75, 3.05) is 38.5 Å². The molecule has 6 heteroatoms. The third-order valence-corrected chi connectivity index (χ3v) is 5.57. The van der Waals surface area contributed by atoms with Crippen LogP contribution in [0.5, 0.6) is 0 Å². The third kappa shape index (κ3) is 6.36. The van der Waals surface area contributed by atoms with E-state index in [-0.39, 0.29) is 24.3 Å². The Morgan fingerprint density at radius 1 is 1.32 bits per heavy atom. The van der Waals surface area contributed by atoms with Gasteiger partial charge in [0.05, 0.1) is 12.5 Å². The van der Waals surface area contributed by atoms with Gasteiger partial charge in [-0.2, -0.15) is 0 Å². The Labute approximate surface area is 154 Å². The van der Waals surface area contributed by atoms with E-state index >= 15 is 0 Å². The van der Waals surface area contributed by atoms with Gasteiger partial charge in [-0.25, -0.2) is 0 Å². The molecule has 0 saturated carbocycles. The van der Waals surface area contributed by atoms with Crippen LogP contribution in [0.3, 0.4) is 0 Å². The predicted molar refractivity (Wildman–Crippen MR) is 103 cm³/mol. The highest BCUT2D eigenvalue weighted by atomic mass is 32.2. The molecule has 1 saturated heterocycles. The van der Waals surface area contributed by atoms with Crippen LogP contribution in [-0.4, -0.2) is 60.1 Å². The zero-order chi connectivity index (χ0) is 18.2. The first-order chi connectivity index (χ1) is 12.0. The van der Waals surface area contributed by atoms with Gasteiger partial charge in [-0.1, -0.05) is 17.7 Å². The van der Waals surface area contributed by atoms with Gasteiger partial charge < -0.3 is 10.6 Å². The van der Waals surface area contributed by atoms with Crippen LogP contribution in [0.2, 0.25) is 0 Å². The minimum Gasteiger partial charge on any atom is -0.369 e. The first-order valence-electron chi connectivity index (χ1n) is 8.98. The van der Waals surface area contributed by atoms with Gasteiger partial charge >= 0.3 is 0 Å². The molecule has 0 bridgehead atoms. The van der Waals surface area contributed by atoms with Crippen LogP contribution < -0.4 is 5.73 Å². The molecular formula is C19H29N3O2S. The van der Waals surface area contributed by atoms with Crippen molar-refractivity contribution >= 4 is 23.6 Å². The molecule has 0 aliphatic carbocycles. The minimum atomic E-state index is -0.324. The number of thioether (sulfide) groups is 1. The molecule has 1 fully saturated rings. The van der Waals surface area contributed by atoms with Crippen molar-refractivity contribution in [3.05, 3.63) is 29.8 Å². The Bertz CT molecular complexity index is 577. The molecule has 0 spiro atoms. The van der Waals surface area contributed by atoms with Crippen molar-refractivity contribution in [1.29, 1.82) is 0 Å². The third-order valence-electron chi connectivity index (χ3n) is 4.58. The Kier molecular flexibility index (Phi) is 7.78. The number of nitrogens with zero attached hydrogens (tertiary/aromatic N) is 2. The summed E-state index contributed by atoms with van der Waals surface area (Å²) in [5.74, 6) is 0.758. The van der Waals surface area contributed by atoms with Gasteiger partial charge in [-0.15, -0.1) is 11.8 Å². The van der Waals surface area contributed by atoms with Crippen molar-refractivity contribution in [1.82, 2.24) is 9.80 Å². The van der Waals surface area contributed by atoms with Crippen LogP contribution in [-0.2, 0) is 9.59 Å². The second kappa shape index (κ2) is 9.82. The maximum absolute atomic E-state index is 12.8. The first-order valence-corrected chi connectivity index (χ1v) is 9.97. The van der Waals surface area contributed by atoms with Crippen molar-refractivity contribution in [3.8, 4) is 0 Å². The molecule has 1 aromatic rings. The highest BCUT2D eigenvalue weighted by Gasteiger charge is 2.29. The van der Waals surface area contributed by atoms with Gasteiger partial charge in [-0.05, 0) is 45.4 Å². The summed E-state index contributed by atoms with van der Waals surface area (Å²) < 4.78 is 0. The molecule has 1 aromatic carbocycles. The largest absolute Gasteiger partial charge is 0.369 e. The molecule has 2 rings (SSSR count). The number of hydrogen-bond acceptors (Lipinski definition) is 4. The number of amides is 2. The smallest absolute Gasteiger partial charge is 0.231 e. The van der Waals surface area contributed by atoms with Crippen LogP contribution in [0.25, 0.3) is 0 Å². The van der Waals surface area contributed by atoms with Gasteiger partial charge in [0.1, 0.15) is 0 Å². The predicted octanol–water partition coefficient (Wildman–Crippen LogP) is 2.13. The van der Waals surface area contributed by atoms with E-state index in [2.05, 4.69) is 31.2 Å². The number of primary amides is 1. The molecule has 0 radical (unpaired) electrons. The highest BCUT2D eigenvalue weighted by Crippen LogP contribution is 2.21. The van der Waals surface area contributed by atoms with Gasteiger partial charge in [0.25, 0.3) is 0 Å². The lowest BCUT2D eigenvalue weighted by molar-refractivity contribution is -0.137. The number of likely N-dealkylation sites (tertiary alicyclic amines) is 1. The summed E-state index contributed by atoms with van der Waals surface area (Å²) in [4.78, 5) is 29.1. The van der Waals surface area contributed by atoms with Crippen molar-refractivity contribution in [2.45, 2.75) is 31.6 Å². The average Bonchev–Trinajstić information content (AvgIpc) is 2.59. The molecule has 138 valence electrons. The zero-order valence-electron chi connectivity index (χ0n) is 15.2. The van der Waals surface area contributed by atoms with Crippen LogP contribution >= 0.6 is 11.8 Å². The normalized spacial score (nSPS) is 18.1. The van der Waals surface area contributed by atoms with Crippen LogP contribution in [0.15, 0.2) is 29.2 Å². The zero-order valence-corrected chi connectivity index (χ0v) is 16.1. The van der Waals surface area contributed by atoms with Crippen molar-refractivity contribution in [3.63, 3.8) is 0 Å². The van der Waals surface area contributed by atoms with E-state index < -0.39 is 0 Å². The second-order valence-corrected chi connectivity index (χ2v) is 7.79. The second-order valence-electron chi connectivity index (χ2n) is 6.62. The van der Waals surface area contributed by atoms with E-state index in [0.29, 0.717) is 6.54 Å². The quantitative estimate of drug-likeness (QED) is 0.719. The monoisotopic (exact) mass is 363 g/mol. The molecule has 1 atom stereocenters. The highest BCUT2D eigenvalue weighted by molar-refractivity contribution is 7.99. The molecule has 5 nitrogen and oxygen atoms in total. The molecule has 1 aliphatic heterocycles. The van der Waals surface area contributed by atoms with E-state index in [0.717, 1.165) is 38.2 Å². The average molecular weight is 364 g/mol. The Hall–Kier alpha value is -1.53. The number of hydrogen-bond donors (Lipinski definition) is 1. The van der Waals surface area contributed by atoms with E-state index in [1.807, 2.05) is 16.7 Å². The van der Waals surface area contributed by atoms with E-state index in [1.54, 1.807) is 11.8 Å². The number of aryl methyl sites for hydroxylation is 1. The molecule has 1 aliphatic rings. The standard InChI is InChI=1S/C19H29N3O2S/c1-3-22(11-12-25-17-8-6-15(2)7-9-17)19(24)16-5-4-10-21(13-16)14-18(20)23/h6-9,16H,3-5,10-14H2,1-2H3,(H2,20,23). The number of piperidine rings is 1. The number of benzene rings is 1. The molecule has 2 amide bonds. The lowest BCUT2D eigenvalue weighted by Gasteiger charge is -2.34. The Morgan fingerprint density at radius 3 is 2.68 bits per heavy atom. The SMILES string of the molecule is CCN(CCSc1ccc(C)cc1)C(=O)C1CCCN(CC(N)=O)C1. The minimum absolute atomic E-state index is 0.0163.